The maximum atomic E-state index is 12.4. The Morgan fingerprint density at radius 2 is 2.08 bits per heavy atom. The average molecular weight is 373 g/mol. The summed E-state index contributed by atoms with van der Waals surface area (Å²) >= 11 is 1.25. The SMILES string of the molecule is CN(CC1Cc2ccccc2CN1C)C(=O)CCC(=O)Nc1nncs1. The maximum absolute atomic E-state index is 12.4. The molecule has 1 aromatic heterocycles. The van der Waals surface area contributed by atoms with Crippen molar-refractivity contribution in [2.75, 3.05) is 26.0 Å². The molecule has 2 amide bonds. The third-order valence-electron chi connectivity index (χ3n) is 4.70. The molecule has 1 atom stereocenters. The van der Waals surface area contributed by atoms with Crippen LogP contribution in [0.15, 0.2) is 29.8 Å². The van der Waals surface area contributed by atoms with Gasteiger partial charge in [0.2, 0.25) is 16.9 Å². The number of carbonyl (C=O) groups excluding carboxylic acids is 2. The number of aromatic nitrogens is 2. The molecule has 8 heteroatoms. The van der Waals surface area contributed by atoms with Gasteiger partial charge in [0.1, 0.15) is 5.51 Å². The number of hydrogen-bond donors (Lipinski definition) is 1. The molecule has 138 valence electrons. The molecule has 1 aromatic carbocycles. The molecule has 26 heavy (non-hydrogen) atoms. The fourth-order valence-corrected chi connectivity index (χ4v) is 3.62. The monoisotopic (exact) mass is 373 g/mol. The van der Waals surface area contributed by atoms with Crippen LogP contribution < -0.4 is 5.32 Å². The van der Waals surface area contributed by atoms with E-state index in [1.54, 1.807) is 17.5 Å². The summed E-state index contributed by atoms with van der Waals surface area (Å²) in [5.41, 5.74) is 4.26. The number of fused-ring (bicyclic) bond motifs is 1. The van der Waals surface area contributed by atoms with Gasteiger partial charge in [-0.1, -0.05) is 35.6 Å². The highest BCUT2D eigenvalue weighted by atomic mass is 32.1. The van der Waals surface area contributed by atoms with Crippen molar-refractivity contribution in [2.24, 2.45) is 0 Å². The lowest BCUT2D eigenvalue weighted by atomic mass is 9.94. The van der Waals surface area contributed by atoms with Gasteiger partial charge in [-0.3, -0.25) is 14.5 Å². The van der Waals surface area contributed by atoms with Crippen LogP contribution in [0.25, 0.3) is 0 Å². The molecule has 0 saturated heterocycles. The number of nitrogens with one attached hydrogen (secondary N) is 1. The fourth-order valence-electron chi connectivity index (χ4n) is 3.16. The fraction of sp³-hybridized carbons (Fsp3) is 0.444. The lowest BCUT2D eigenvalue weighted by Crippen LogP contribution is -2.46. The Morgan fingerprint density at radius 1 is 1.31 bits per heavy atom. The smallest absolute Gasteiger partial charge is 0.226 e. The first kappa shape index (κ1) is 18.5. The van der Waals surface area contributed by atoms with Crippen molar-refractivity contribution < 1.29 is 9.59 Å². The summed E-state index contributed by atoms with van der Waals surface area (Å²) in [5.74, 6) is -0.239. The van der Waals surface area contributed by atoms with Gasteiger partial charge in [0.25, 0.3) is 0 Å². The molecule has 3 rings (SSSR count). The molecule has 0 bridgehead atoms. The third kappa shape index (κ3) is 4.64. The van der Waals surface area contributed by atoms with Crippen LogP contribution in [-0.2, 0) is 22.6 Å². The van der Waals surface area contributed by atoms with Crippen molar-refractivity contribution in [1.82, 2.24) is 20.0 Å². The van der Waals surface area contributed by atoms with Gasteiger partial charge < -0.3 is 10.2 Å². The Hall–Kier alpha value is -2.32. The molecule has 0 fully saturated rings. The molecular formula is C18H23N5O2S. The summed E-state index contributed by atoms with van der Waals surface area (Å²) in [6, 6.07) is 8.74. The van der Waals surface area contributed by atoms with Crippen molar-refractivity contribution in [2.45, 2.75) is 31.8 Å². The number of anilines is 1. The Kier molecular flexibility index (Phi) is 5.95. The number of benzene rings is 1. The van der Waals surface area contributed by atoms with Crippen LogP contribution in [0.4, 0.5) is 5.13 Å². The van der Waals surface area contributed by atoms with Crippen LogP contribution in [0, 0.1) is 0 Å². The highest BCUT2D eigenvalue weighted by Gasteiger charge is 2.25. The van der Waals surface area contributed by atoms with Gasteiger partial charge in [0.15, 0.2) is 0 Å². The van der Waals surface area contributed by atoms with Crippen LogP contribution in [0.3, 0.4) is 0 Å². The second-order valence-corrected chi connectivity index (χ2v) is 7.44. The molecule has 0 saturated carbocycles. The van der Waals surface area contributed by atoms with Crippen LogP contribution in [0.5, 0.6) is 0 Å². The molecule has 0 radical (unpaired) electrons. The largest absolute Gasteiger partial charge is 0.344 e. The van der Waals surface area contributed by atoms with Gasteiger partial charge in [-0.15, -0.1) is 10.2 Å². The Balaban J connectivity index is 1.47. The summed E-state index contributed by atoms with van der Waals surface area (Å²) in [7, 11) is 3.90. The highest BCUT2D eigenvalue weighted by Crippen LogP contribution is 2.22. The molecule has 1 aliphatic rings. The molecule has 0 spiro atoms. The third-order valence-corrected chi connectivity index (χ3v) is 5.31. The lowest BCUT2D eigenvalue weighted by Gasteiger charge is -2.36. The van der Waals surface area contributed by atoms with Gasteiger partial charge in [-0.2, -0.15) is 0 Å². The normalized spacial score (nSPS) is 16.8. The van der Waals surface area contributed by atoms with Crippen LogP contribution in [0.1, 0.15) is 24.0 Å². The number of likely N-dealkylation sites (N-methyl/N-ethyl adjacent to an activating group) is 2. The summed E-state index contributed by atoms with van der Waals surface area (Å²) in [6.45, 7) is 1.55. The van der Waals surface area contributed by atoms with E-state index in [1.807, 2.05) is 0 Å². The van der Waals surface area contributed by atoms with Crippen molar-refractivity contribution in [3.05, 3.63) is 40.9 Å². The van der Waals surface area contributed by atoms with E-state index in [0.29, 0.717) is 11.7 Å². The molecule has 2 heterocycles. The second-order valence-electron chi connectivity index (χ2n) is 6.61. The maximum Gasteiger partial charge on any atom is 0.226 e. The second kappa shape index (κ2) is 8.37. The van der Waals surface area contributed by atoms with E-state index in [9.17, 15) is 9.59 Å². The van der Waals surface area contributed by atoms with E-state index in [-0.39, 0.29) is 30.7 Å². The van der Waals surface area contributed by atoms with E-state index in [2.05, 4.69) is 51.7 Å². The molecule has 7 nitrogen and oxygen atoms in total. The van der Waals surface area contributed by atoms with E-state index in [1.165, 1.54) is 22.5 Å². The zero-order valence-electron chi connectivity index (χ0n) is 15.0. The van der Waals surface area contributed by atoms with E-state index >= 15 is 0 Å². The first-order valence-corrected chi connectivity index (χ1v) is 9.48. The first-order chi connectivity index (χ1) is 12.5. The molecule has 1 aliphatic heterocycles. The predicted octanol–water partition coefficient (Wildman–Crippen LogP) is 1.77. The van der Waals surface area contributed by atoms with Crippen LogP contribution in [-0.4, -0.2) is 58.5 Å². The minimum atomic E-state index is -0.216. The summed E-state index contributed by atoms with van der Waals surface area (Å²) in [5, 5.41) is 10.5. The van der Waals surface area contributed by atoms with Crippen molar-refractivity contribution in [3.63, 3.8) is 0 Å². The Labute approximate surface area is 157 Å². The minimum Gasteiger partial charge on any atom is -0.344 e. The predicted molar refractivity (Wildman–Crippen MR) is 101 cm³/mol. The van der Waals surface area contributed by atoms with Crippen LogP contribution in [0.2, 0.25) is 0 Å². The number of hydrogen-bond acceptors (Lipinski definition) is 6. The van der Waals surface area contributed by atoms with Gasteiger partial charge in [0, 0.05) is 39.0 Å². The molecule has 1 unspecified atom stereocenters. The lowest BCUT2D eigenvalue weighted by molar-refractivity contribution is -0.132. The first-order valence-electron chi connectivity index (χ1n) is 8.60. The number of nitrogens with zero attached hydrogens (tertiary/aromatic N) is 4. The molecule has 2 aromatic rings. The molecule has 0 aliphatic carbocycles. The zero-order chi connectivity index (χ0) is 18.5. The van der Waals surface area contributed by atoms with Crippen molar-refractivity contribution in [1.29, 1.82) is 0 Å². The average Bonchev–Trinajstić information content (AvgIpc) is 3.13. The topological polar surface area (TPSA) is 78.4 Å². The molecular weight excluding hydrogens is 350 g/mol. The highest BCUT2D eigenvalue weighted by molar-refractivity contribution is 7.13. The van der Waals surface area contributed by atoms with Crippen LogP contribution >= 0.6 is 11.3 Å². The number of carbonyl (C=O) groups is 2. The number of rotatable bonds is 6. The quantitative estimate of drug-likeness (QED) is 0.835. The van der Waals surface area contributed by atoms with E-state index < -0.39 is 0 Å². The summed E-state index contributed by atoms with van der Waals surface area (Å²) in [6.07, 6.45) is 1.27. The standard InChI is InChI=1S/C18H23N5O2S/c1-22-10-14-6-4-3-5-13(14)9-15(22)11-23(2)17(25)8-7-16(24)20-18-21-19-12-26-18/h3-6,12,15H,7-11H2,1-2H3,(H,20,21,24). The zero-order valence-corrected chi connectivity index (χ0v) is 15.8. The Morgan fingerprint density at radius 3 is 2.81 bits per heavy atom. The summed E-state index contributed by atoms with van der Waals surface area (Å²) < 4.78 is 0. The van der Waals surface area contributed by atoms with Crippen molar-refractivity contribution in [3.8, 4) is 0 Å². The van der Waals surface area contributed by atoms with Gasteiger partial charge in [-0.05, 0) is 24.6 Å². The summed E-state index contributed by atoms with van der Waals surface area (Å²) in [4.78, 5) is 28.3. The van der Waals surface area contributed by atoms with Crippen molar-refractivity contribution >= 4 is 28.3 Å². The minimum absolute atomic E-state index is 0.0235. The molecule has 1 N–H and O–H groups in total. The van der Waals surface area contributed by atoms with E-state index in [0.717, 1.165) is 13.0 Å². The van der Waals surface area contributed by atoms with Gasteiger partial charge in [0.05, 0.1) is 0 Å². The van der Waals surface area contributed by atoms with E-state index in [4.69, 9.17) is 0 Å². The van der Waals surface area contributed by atoms with Gasteiger partial charge >= 0.3 is 0 Å². The number of amides is 2. The Bertz CT molecular complexity index is 765. The van der Waals surface area contributed by atoms with Gasteiger partial charge in [-0.25, -0.2) is 0 Å².